The number of rotatable bonds is 6. The van der Waals surface area contributed by atoms with Crippen molar-refractivity contribution in [3.05, 3.63) is 57.3 Å². The minimum atomic E-state index is 0.197. The first kappa shape index (κ1) is 17.7. The first-order valence-corrected chi connectivity index (χ1v) is 10.7. The highest BCUT2D eigenvalue weighted by atomic mass is 32.1. The Bertz CT molecular complexity index is 735. The Morgan fingerprint density at radius 1 is 1.15 bits per heavy atom. The average molecular weight is 370 g/mol. The highest BCUT2D eigenvalue weighted by Crippen LogP contribution is 2.23. The van der Waals surface area contributed by atoms with E-state index in [9.17, 15) is 4.79 Å². The second-order valence-electron chi connectivity index (χ2n) is 7.48. The van der Waals surface area contributed by atoms with Gasteiger partial charge in [0.15, 0.2) is 0 Å². The highest BCUT2D eigenvalue weighted by molar-refractivity contribution is 7.09. The normalized spacial score (nSPS) is 19.3. The van der Waals surface area contributed by atoms with E-state index < -0.39 is 0 Å². The Labute approximate surface area is 160 Å². The summed E-state index contributed by atoms with van der Waals surface area (Å²) < 4.78 is 5.79. The molecule has 2 aliphatic rings. The van der Waals surface area contributed by atoms with E-state index in [1.165, 1.54) is 35.3 Å². The number of nitrogens with zero attached hydrogens (tertiary/aromatic N) is 1. The Morgan fingerprint density at radius 2 is 2.04 bits per heavy atom. The molecule has 1 fully saturated rings. The zero-order valence-electron chi connectivity index (χ0n) is 15.3. The molecule has 0 N–H and O–H groups in total. The second kappa shape index (κ2) is 8.36. The first-order chi connectivity index (χ1) is 12.8. The third-order valence-corrected chi connectivity index (χ3v) is 6.36. The highest BCUT2D eigenvalue weighted by Gasteiger charge is 2.23. The van der Waals surface area contributed by atoms with Gasteiger partial charge in [-0.25, -0.2) is 0 Å². The molecule has 26 heavy (non-hydrogen) atoms. The Balaban J connectivity index is 1.46. The van der Waals surface area contributed by atoms with Gasteiger partial charge in [-0.05, 0) is 66.7 Å². The van der Waals surface area contributed by atoms with Crippen molar-refractivity contribution in [2.24, 2.45) is 0 Å². The van der Waals surface area contributed by atoms with Crippen LogP contribution in [0.3, 0.4) is 0 Å². The standard InChI is InChI=1S/C22H27NO2S/c24-22(14-17-9-10-18-5-1-2-6-19(18)13-17)23(15-20-7-3-11-25-20)16-21-8-4-12-26-21/h4,8-10,12-13,20H,1-3,5-7,11,14-16H2. The summed E-state index contributed by atoms with van der Waals surface area (Å²) in [6.45, 7) is 2.24. The smallest absolute Gasteiger partial charge is 0.227 e. The van der Waals surface area contributed by atoms with Crippen molar-refractivity contribution < 1.29 is 9.53 Å². The molecule has 1 unspecified atom stereocenters. The molecule has 138 valence electrons. The molecule has 1 aliphatic heterocycles. The fourth-order valence-corrected chi connectivity index (χ4v) is 4.78. The van der Waals surface area contributed by atoms with Crippen molar-refractivity contribution in [1.29, 1.82) is 0 Å². The van der Waals surface area contributed by atoms with Gasteiger partial charge in [0.1, 0.15) is 0 Å². The van der Waals surface area contributed by atoms with Crippen LogP contribution in [0.25, 0.3) is 0 Å². The van der Waals surface area contributed by atoms with Gasteiger partial charge in [0.2, 0.25) is 5.91 Å². The largest absolute Gasteiger partial charge is 0.376 e. The molecule has 0 saturated carbocycles. The van der Waals surface area contributed by atoms with Crippen molar-refractivity contribution in [1.82, 2.24) is 4.90 Å². The van der Waals surface area contributed by atoms with E-state index in [0.29, 0.717) is 19.5 Å². The topological polar surface area (TPSA) is 29.5 Å². The monoisotopic (exact) mass is 369 g/mol. The predicted octanol–water partition coefficient (Wildman–Crippen LogP) is 4.38. The van der Waals surface area contributed by atoms with Crippen molar-refractivity contribution in [2.45, 2.75) is 57.6 Å². The van der Waals surface area contributed by atoms with Gasteiger partial charge in [-0.3, -0.25) is 4.79 Å². The van der Waals surface area contributed by atoms with E-state index in [-0.39, 0.29) is 12.0 Å². The van der Waals surface area contributed by atoms with E-state index in [1.807, 2.05) is 4.90 Å². The van der Waals surface area contributed by atoms with Crippen LogP contribution in [0.4, 0.5) is 0 Å². The van der Waals surface area contributed by atoms with E-state index in [0.717, 1.165) is 31.4 Å². The molecular weight excluding hydrogens is 342 g/mol. The number of amides is 1. The van der Waals surface area contributed by atoms with Gasteiger partial charge in [-0.2, -0.15) is 0 Å². The number of aryl methyl sites for hydroxylation is 2. The Kier molecular flexibility index (Phi) is 5.71. The molecule has 1 aromatic carbocycles. The number of fused-ring (bicyclic) bond motifs is 1. The van der Waals surface area contributed by atoms with Gasteiger partial charge in [0.25, 0.3) is 0 Å². The SMILES string of the molecule is O=C(Cc1ccc2c(c1)CCCC2)N(Cc1cccs1)CC1CCCO1. The lowest BCUT2D eigenvalue weighted by Gasteiger charge is -2.25. The van der Waals surface area contributed by atoms with Crippen LogP contribution in [0.15, 0.2) is 35.7 Å². The summed E-state index contributed by atoms with van der Waals surface area (Å²) in [6, 6.07) is 10.8. The summed E-state index contributed by atoms with van der Waals surface area (Å²) in [7, 11) is 0. The fourth-order valence-electron chi connectivity index (χ4n) is 4.06. The van der Waals surface area contributed by atoms with Gasteiger partial charge < -0.3 is 9.64 Å². The summed E-state index contributed by atoms with van der Waals surface area (Å²) in [5, 5.41) is 2.08. The molecule has 4 heteroatoms. The van der Waals surface area contributed by atoms with Crippen molar-refractivity contribution in [3.63, 3.8) is 0 Å². The summed E-state index contributed by atoms with van der Waals surface area (Å²) in [6.07, 6.45) is 7.77. The number of hydrogen-bond donors (Lipinski definition) is 0. The van der Waals surface area contributed by atoms with Gasteiger partial charge in [-0.1, -0.05) is 24.3 Å². The summed E-state index contributed by atoms with van der Waals surface area (Å²) >= 11 is 1.72. The van der Waals surface area contributed by atoms with Crippen LogP contribution in [-0.2, 0) is 35.3 Å². The maximum Gasteiger partial charge on any atom is 0.227 e. The number of hydrogen-bond acceptors (Lipinski definition) is 3. The second-order valence-corrected chi connectivity index (χ2v) is 8.51. The fraction of sp³-hybridized carbons (Fsp3) is 0.500. The molecule has 2 aromatic rings. The molecule has 4 rings (SSSR count). The van der Waals surface area contributed by atoms with Crippen LogP contribution in [0, 0.1) is 0 Å². The number of carbonyl (C=O) groups is 1. The molecule has 3 nitrogen and oxygen atoms in total. The molecule has 0 radical (unpaired) electrons. The third kappa shape index (κ3) is 4.36. The molecule has 1 saturated heterocycles. The van der Waals surface area contributed by atoms with Gasteiger partial charge >= 0.3 is 0 Å². The van der Waals surface area contributed by atoms with E-state index in [2.05, 4.69) is 35.7 Å². The summed E-state index contributed by atoms with van der Waals surface area (Å²) in [5.74, 6) is 0.213. The lowest BCUT2D eigenvalue weighted by Crippen LogP contribution is -2.37. The molecular formula is C22H27NO2S. The van der Waals surface area contributed by atoms with Crippen LogP contribution >= 0.6 is 11.3 Å². The van der Waals surface area contributed by atoms with Crippen molar-refractivity contribution >= 4 is 17.2 Å². The van der Waals surface area contributed by atoms with Gasteiger partial charge in [0, 0.05) is 18.0 Å². The molecule has 1 aliphatic carbocycles. The number of benzene rings is 1. The first-order valence-electron chi connectivity index (χ1n) is 9.80. The van der Waals surface area contributed by atoms with Gasteiger partial charge in [0.05, 0.1) is 19.1 Å². The van der Waals surface area contributed by atoms with Crippen LogP contribution in [0.2, 0.25) is 0 Å². The Hall–Kier alpha value is -1.65. The van der Waals surface area contributed by atoms with Crippen LogP contribution in [0.1, 0.15) is 47.3 Å². The van der Waals surface area contributed by atoms with Crippen LogP contribution in [0.5, 0.6) is 0 Å². The minimum absolute atomic E-state index is 0.197. The van der Waals surface area contributed by atoms with Gasteiger partial charge in [-0.15, -0.1) is 11.3 Å². The summed E-state index contributed by atoms with van der Waals surface area (Å²) in [4.78, 5) is 16.3. The third-order valence-electron chi connectivity index (χ3n) is 5.50. The number of ether oxygens (including phenoxy) is 1. The molecule has 0 bridgehead atoms. The molecule has 0 spiro atoms. The lowest BCUT2D eigenvalue weighted by molar-refractivity contribution is -0.132. The van der Waals surface area contributed by atoms with E-state index >= 15 is 0 Å². The summed E-state index contributed by atoms with van der Waals surface area (Å²) in [5.41, 5.74) is 4.08. The quantitative estimate of drug-likeness (QED) is 0.756. The molecule has 2 heterocycles. The minimum Gasteiger partial charge on any atom is -0.376 e. The maximum absolute atomic E-state index is 13.1. The van der Waals surface area contributed by atoms with Crippen molar-refractivity contribution in [2.75, 3.05) is 13.2 Å². The van der Waals surface area contributed by atoms with Crippen LogP contribution < -0.4 is 0 Å². The van der Waals surface area contributed by atoms with E-state index in [4.69, 9.17) is 4.74 Å². The predicted molar refractivity (Wildman–Crippen MR) is 105 cm³/mol. The van der Waals surface area contributed by atoms with Crippen molar-refractivity contribution in [3.8, 4) is 0 Å². The van der Waals surface area contributed by atoms with Crippen LogP contribution in [-0.4, -0.2) is 30.1 Å². The molecule has 1 atom stereocenters. The maximum atomic E-state index is 13.1. The number of carbonyl (C=O) groups excluding carboxylic acids is 1. The molecule has 1 amide bonds. The van der Waals surface area contributed by atoms with E-state index in [1.54, 1.807) is 11.3 Å². The zero-order chi connectivity index (χ0) is 17.8. The zero-order valence-corrected chi connectivity index (χ0v) is 16.1. The molecule has 1 aromatic heterocycles. The Morgan fingerprint density at radius 3 is 2.81 bits per heavy atom. The average Bonchev–Trinajstić information content (AvgIpc) is 3.35. The number of thiophene rings is 1. The lowest BCUT2D eigenvalue weighted by atomic mass is 9.90.